The SMILES string of the molecule is NCCC(O)CNCCCCC(NCP(=O)(O)O)C(=O)O. The van der Waals surface area contributed by atoms with Gasteiger partial charge in [0.05, 0.1) is 12.4 Å². The molecule has 0 saturated heterocycles. The van der Waals surface area contributed by atoms with Crippen molar-refractivity contribution < 1.29 is 29.4 Å². The third-order valence-corrected chi connectivity index (χ3v) is 3.41. The lowest BCUT2D eigenvalue weighted by Gasteiger charge is -2.15. The molecule has 0 saturated carbocycles. The summed E-state index contributed by atoms with van der Waals surface area (Å²) in [7, 11) is -4.25. The van der Waals surface area contributed by atoms with E-state index >= 15 is 0 Å². The highest BCUT2D eigenvalue weighted by Gasteiger charge is 2.21. The van der Waals surface area contributed by atoms with Gasteiger partial charge >= 0.3 is 13.6 Å². The zero-order valence-corrected chi connectivity index (χ0v) is 12.8. The predicted molar refractivity (Wildman–Crippen MR) is 77.9 cm³/mol. The Balaban J connectivity index is 3.75. The van der Waals surface area contributed by atoms with Crippen molar-refractivity contribution in [1.29, 1.82) is 0 Å². The molecule has 126 valence electrons. The number of aliphatic carboxylic acids is 1. The maximum Gasteiger partial charge on any atom is 0.339 e. The first kappa shape index (κ1) is 20.5. The van der Waals surface area contributed by atoms with Gasteiger partial charge in [-0.25, -0.2) is 0 Å². The number of carbonyl (C=O) groups is 1. The molecule has 0 aliphatic heterocycles. The van der Waals surface area contributed by atoms with Crippen LogP contribution in [0.2, 0.25) is 0 Å². The summed E-state index contributed by atoms with van der Waals surface area (Å²) < 4.78 is 10.7. The molecule has 0 heterocycles. The Labute approximate surface area is 124 Å². The summed E-state index contributed by atoms with van der Waals surface area (Å²) >= 11 is 0. The van der Waals surface area contributed by atoms with Gasteiger partial charge in [-0.1, -0.05) is 6.42 Å². The molecule has 0 aliphatic carbocycles. The van der Waals surface area contributed by atoms with Gasteiger partial charge in [-0.3, -0.25) is 14.7 Å². The van der Waals surface area contributed by atoms with Crippen molar-refractivity contribution in [3.05, 3.63) is 0 Å². The second kappa shape index (κ2) is 11.1. The fraction of sp³-hybridized carbons (Fsp3) is 0.909. The molecule has 0 aromatic rings. The number of unbranched alkanes of at least 4 members (excludes halogenated alkanes) is 1. The van der Waals surface area contributed by atoms with Gasteiger partial charge in [0.1, 0.15) is 6.04 Å². The van der Waals surface area contributed by atoms with Crippen LogP contribution < -0.4 is 16.4 Å². The molecule has 2 atom stereocenters. The highest BCUT2D eigenvalue weighted by Crippen LogP contribution is 2.32. The Morgan fingerprint density at radius 3 is 2.43 bits per heavy atom. The van der Waals surface area contributed by atoms with E-state index in [0.717, 1.165) is 0 Å². The van der Waals surface area contributed by atoms with Crippen LogP contribution in [0.15, 0.2) is 0 Å². The smallest absolute Gasteiger partial charge is 0.339 e. The van der Waals surface area contributed by atoms with Crippen LogP contribution in [-0.2, 0) is 9.36 Å². The number of hydrogen-bond donors (Lipinski definition) is 7. The van der Waals surface area contributed by atoms with E-state index in [1.54, 1.807) is 0 Å². The van der Waals surface area contributed by atoms with Gasteiger partial charge in [-0.15, -0.1) is 0 Å². The minimum atomic E-state index is -4.25. The average Bonchev–Trinajstić information content (AvgIpc) is 2.35. The zero-order chi connectivity index (χ0) is 16.3. The summed E-state index contributed by atoms with van der Waals surface area (Å²) in [6, 6.07) is -0.972. The molecule has 0 aromatic carbocycles. The summed E-state index contributed by atoms with van der Waals surface area (Å²) in [6.07, 6.45) is 0.977. The Bertz CT molecular complexity index is 338. The van der Waals surface area contributed by atoms with Crippen LogP contribution in [0.5, 0.6) is 0 Å². The van der Waals surface area contributed by atoms with E-state index < -0.39 is 32.0 Å². The molecule has 0 rings (SSSR count). The second-order valence-electron chi connectivity index (χ2n) is 4.85. The van der Waals surface area contributed by atoms with E-state index in [2.05, 4.69) is 10.6 Å². The lowest BCUT2D eigenvalue weighted by molar-refractivity contribution is -0.139. The largest absolute Gasteiger partial charge is 0.480 e. The van der Waals surface area contributed by atoms with Crippen molar-refractivity contribution >= 4 is 13.6 Å². The third kappa shape index (κ3) is 12.9. The molecule has 10 heteroatoms. The number of aliphatic hydroxyl groups excluding tert-OH is 1. The normalized spacial score (nSPS) is 14.9. The van der Waals surface area contributed by atoms with E-state index in [9.17, 15) is 14.5 Å². The molecule has 0 fully saturated rings. The predicted octanol–water partition coefficient (Wildman–Crippen LogP) is -1.37. The number of hydrogen-bond acceptors (Lipinski definition) is 6. The maximum atomic E-state index is 10.9. The molecule has 0 amide bonds. The van der Waals surface area contributed by atoms with Crippen molar-refractivity contribution in [2.24, 2.45) is 5.73 Å². The van der Waals surface area contributed by atoms with Crippen molar-refractivity contribution in [3.8, 4) is 0 Å². The van der Waals surface area contributed by atoms with E-state index in [0.29, 0.717) is 38.9 Å². The van der Waals surface area contributed by atoms with Crippen molar-refractivity contribution in [2.45, 2.75) is 37.8 Å². The summed E-state index contributed by atoms with van der Waals surface area (Å²) in [5.74, 6) is -1.13. The maximum absolute atomic E-state index is 10.9. The number of nitrogens with two attached hydrogens (primary N) is 1. The Kier molecular flexibility index (Phi) is 10.8. The number of carboxylic acid groups (broad SMARTS) is 1. The van der Waals surface area contributed by atoms with Crippen LogP contribution in [0.4, 0.5) is 0 Å². The standard InChI is InChI=1S/C11H26N3O6P/c12-5-4-9(15)7-13-6-2-1-3-10(11(16)17)14-8-21(18,19)20/h9-10,13-15H,1-8,12H2,(H,16,17)(H2,18,19,20). The monoisotopic (exact) mass is 327 g/mol. The van der Waals surface area contributed by atoms with E-state index in [1.807, 2.05) is 0 Å². The van der Waals surface area contributed by atoms with Crippen LogP contribution in [0, 0.1) is 0 Å². The van der Waals surface area contributed by atoms with Gasteiger partial charge in [-0.05, 0) is 32.4 Å². The minimum Gasteiger partial charge on any atom is -0.480 e. The molecule has 0 spiro atoms. The zero-order valence-electron chi connectivity index (χ0n) is 11.9. The first-order valence-corrected chi connectivity index (χ1v) is 8.65. The number of rotatable bonds is 13. The number of nitrogens with one attached hydrogen (secondary N) is 2. The van der Waals surface area contributed by atoms with Gasteiger partial charge < -0.3 is 31.1 Å². The van der Waals surface area contributed by atoms with Gasteiger partial charge in [0.2, 0.25) is 0 Å². The van der Waals surface area contributed by atoms with E-state index in [1.165, 1.54) is 0 Å². The van der Waals surface area contributed by atoms with Crippen molar-refractivity contribution in [2.75, 3.05) is 25.9 Å². The van der Waals surface area contributed by atoms with Crippen LogP contribution in [0.25, 0.3) is 0 Å². The Morgan fingerprint density at radius 1 is 1.24 bits per heavy atom. The van der Waals surface area contributed by atoms with Crippen LogP contribution >= 0.6 is 7.60 Å². The molecule has 8 N–H and O–H groups in total. The topological polar surface area (TPSA) is 165 Å². The highest BCUT2D eigenvalue weighted by atomic mass is 31.2. The fourth-order valence-corrected chi connectivity index (χ4v) is 2.16. The van der Waals surface area contributed by atoms with Gasteiger partial charge in [-0.2, -0.15) is 0 Å². The lowest BCUT2D eigenvalue weighted by Crippen LogP contribution is -2.37. The molecular formula is C11H26N3O6P. The number of carboxylic acids is 1. The number of aliphatic hydroxyl groups is 1. The first-order chi connectivity index (χ1) is 9.76. The summed E-state index contributed by atoms with van der Waals surface area (Å²) in [5.41, 5.74) is 5.30. The second-order valence-corrected chi connectivity index (χ2v) is 6.49. The average molecular weight is 327 g/mol. The van der Waals surface area contributed by atoms with Crippen LogP contribution in [0.3, 0.4) is 0 Å². The van der Waals surface area contributed by atoms with Gasteiger partial charge in [0, 0.05) is 6.54 Å². The van der Waals surface area contributed by atoms with E-state index in [4.69, 9.17) is 20.6 Å². The Morgan fingerprint density at radius 2 is 1.90 bits per heavy atom. The molecule has 0 bridgehead atoms. The molecule has 21 heavy (non-hydrogen) atoms. The van der Waals surface area contributed by atoms with Crippen molar-refractivity contribution in [1.82, 2.24) is 10.6 Å². The molecule has 9 nitrogen and oxygen atoms in total. The third-order valence-electron chi connectivity index (χ3n) is 2.82. The van der Waals surface area contributed by atoms with Gasteiger partial charge in [0.15, 0.2) is 0 Å². The van der Waals surface area contributed by atoms with Crippen LogP contribution in [0.1, 0.15) is 25.7 Å². The lowest BCUT2D eigenvalue weighted by atomic mass is 10.1. The van der Waals surface area contributed by atoms with E-state index in [-0.39, 0.29) is 6.42 Å². The molecule has 0 aromatic heterocycles. The highest BCUT2D eigenvalue weighted by molar-refractivity contribution is 7.51. The Hall–Kier alpha value is -0.540. The quantitative estimate of drug-likeness (QED) is 0.160. The molecule has 0 radical (unpaired) electrons. The molecule has 0 aliphatic rings. The summed E-state index contributed by atoms with van der Waals surface area (Å²) in [5, 5.41) is 23.7. The first-order valence-electron chi connectivity index (χ1n) is 6.86. The van der Waals surface area contributed by atoms with Gasteiger partial charge in [0.25, 0.3) is 0 Å². The summed E-state index contributed by atoms with van der Waals surface area (Å²) in [6.45, 7) is 1.50. The fourth-order valence-electron chi connectivity index (χ4n) is 1.70. The summed E-state index contributed by atoms with van der Waals surface area (Å²) in [4.78, 5) is 28.3. The molecular weight excluding hydrogens is 301 g/mol. The minimum absolute atomic E-state index is 0.280. The molecule has 2 unspecified atom stereocenters. The van der Waals surface area contributed by atoms with Crippen LogP contribution in [-0.4, -0.2) is 64.0 Å². The van der Waals surface area contributed by atoms with Crippen molar-refractivity contribution in [3.63, 3.8) is 0 Å².